The summed E-state index contributed by atoms with van der Waals surface area (Å²) in [6, 6.07) is 15.9. The maximum Gasteiger partial charge on any atom is 0.231 e. The van der Waals surface area contributed by atoms with E-state index in [1.807, 2.05) is 67.4 Å². The molecule has 0 spiro atoms. The highest BCUT2D eigenvalue weighted by atomic mass is 16.5. The van der Waals surface area contributed by atoms with Crippen LogP contribution < -0.4 is 15.0 Å². The number of rotatable bonds is 8. The molecule has 0 radical (unpaired) electrons. The summed E-state index contributed by atoms with van der Waals surface area (Å²) in [5, 5.41) is 3.01. The highest BCUT2D eigenvalue weighted by Gasteiger charge is 2.27. The molecule has 0 aliphatic carbocycles. The summed E-state index contributed by atoms with van der Waals surface area (Å²) in [7, 11) is 1.86. The number of nitrogens with zero attached hydrogens (tertiary/aromatic N) is 2. The lowest BCUT2D eigenvalue weighted by Gasteiger charge is -2.24. The van der Waals surface area contributed by atoms with Crippen LogP contribution in [0.4, 0.5) is 11.4 Å². The van der Waals surface area contributed by atoms with Crippen LogP contribution >= 0.6 is 0 Å². The molecule has 32 heavy (non-hydrogen) atoms. The first-order valence-corrected chi connectivity index (χ1v) is 11.4. The summed E-state index contributed by atoms with van der Waals surface area (Å²) in [4.78, 5) is 28.5. The van der Waals surface area contributed by atoms with E-state index in [1.54, 1.807) is 6.92 Å². The topological polar surface area (TPSA) is 61.9 Å². The predicted molar refractivity (Wildman–Crippen MR) is 129 cm³/mol. The number of benzene rings is 2. The van der Waals surface area contributed by atoms with Crippen LogP contribution in [0.15, 0.2) is 48.5 Å². The van der Waals surface area contributed by atoms with Crippen LogP contribution in [-0.2, 0) is 9.59 Å². The normalized spacial score (nSPS) is 16.7. The van der Waals surface area contributed by atoms with Gasteiger partial charge in [0.05, 0.1) is 18.6 Å². The second kappa shape index (κ2) is 10.5. The lowest BCUT2D eigenvalue weighted by Crippen LogP contribution is -2.37. The van der Waals surface area contributed by atoms with Gasteiger partial charge in [-0.15, -0.1) is 0 Å². The molecule has 1 aliphatic heterocycles. The quantitative estimate of drug-likeness (QED) is 0.660. The maximum atomic E-state index is 12.7. The highest BCUT2D eigenvalue weighted by Crippen LogP contribution is 2.26. The van der Waals surface area contributed by atoms with Crippen molar-refractivity contribution in [2.24, 2.45) is 5.92 Å². The van der Waals surface area contributed by atoms with Crippen molar-refractivity contribution < 1.29 is 14.3 Å². The number of carbonyl (C=O) groups excluding carboxylic acids is 2. The van der Waals surface area contributed by atoms with E-state index < -0.39 is 0 Å². The largest absolute Gasteiger partial charge is 0.493 e. The number of carbonyl (C=O) groups is 2. The second-order valence-electron chi connectivity index (χ2n) is 9.05. The summed E-state index contributed by atoms with van der Waals surface area (Å²) < 4.78 is 5.72. The SMILES string of the molecule is CC(=O)N(C)C1CCN(c2ccc(NC(=O)C(C)c3ccc(OCC(C)C)cc3)cc2)C1. The zero-order chi connectivity index (χ0) is 23.3. The van der Waals surface area contributed by atoms with Crippen molar-refractivity contribution in [3.63, 3.8) is 0 Å². The summed E-state index contributed by atoms with van der Waals surface area (Å²) in [6.07, 6.45) is 0.966. The molecule has 172 valence electrons. The van der Waals surface area contributed by atoms with Gasteiger partial charge >= 0.3 is 0 Å². The molecule has 0 aromatic heterocycles. The molecule has 1 fully saturated rings. The zero-order valence-corrected chi connectivity index (χ0v) is 19.8. The van der Waals surface area contributed by atoms with Crippen LogP contribution in [0, 0.1) is 5.92 Å². The molecule has 2 unspecified atom stereocenters. The van der Waals surface area contributed by atoms with Crippen molar-refractivity contribution in [3.05, 3.63) is 54.1 Å². The fourth-order valence-electron chi connectivity index (χ4n) is 3.82. The standard InChI is InChI=1S/C26H35N3O3/c1-18(2)17-32-25-12-6-21(7-13-25)19(3)26(31)27-22-8-10-23(11-9-22)29-15-14-24(16-29)28(5)20(4)30/h6-13,18-19,24H,14-17H2,1-5H3,(H,27,31). The Bertz CT molecular complexity index is 909. The minimum absolute atomic E-state index is 0.0436. The van der Waals surface area contributed by atoms with Gasteiger partial charge in [-0.3, -0.25) is 9.59 Å². The molecule has 0 saturated carbocycles. The Labute approximate surface area is 191 Å². The molecule has 6 heteroatoms. The number of likely N-dealkylation sites (N-methyl/N-ethyl adjacent to an activating group) is 1. The van der Waals surface area contributed by atoms with Gasteiger partial charge in [-0.25, -0.2) is 0 Å². The van der Waals surface area contributed by atoms with Crippen molar-refractivity contribution in [2.45, 2.75) is 46.1 Å². The van der Waals surface area contributed by atoms with E-state index >= 15 is 0 Å². The Morgan fingerprint density at radius 3 is 2.34 bits per heavy atom. The smallest absolute Gasteiger partial charge is 0.231 e. The molecule has 1 saturated heterocycles. The third kappa shape index (κ3) is 6.02. The first-order valence-electron chi connectivity index (χ1n) is 11.4. The number of nitrogens with one attached hydrogen (secondary N) is 1. The van der Waals surface area contributed by atoms with Crippen molar-refractivity contribution in [1.82, 2.24) is 4.90 Å². The maximum absolute atomic E-state index is 12.7. The van der Waals surface area contributed by atoms with E-state index in [0.29, 0.717) is 12.5 Å². The molecule has 1 aliphatic rings. The molecule has 1 heterocycles. The van der Waals surface area contributed by atoms with Gasteiger partial charge in [-0.1, -0.05) is 26.0 Å². The minimum atomic E-state index is -0.268. The summed E-state index contributed by atoms with van der Waals surface area (Å²) >= 11 is 0. The van der Waals surface area contributed by atoms with Crippen LogP contribution in [0.1, 0.15) is 45.6 Å². The fourth-order valence-corrected chi connectivity index (χ4v) is 3.82. The van der Waals surface area contributed by atoms with E-state index in [0.717, 1.165) is 42.2 Å². The van der Waals surface area contributed by atoms with Gasteiger partial charge in [-0.05, 0) is 61.2 Å². The fraction of sp³-hybridized carbons (Fsp3) is 0.462. The number of amides is 2. The first-order chi connectivity index (χ1) is 15.2. The monoisotopic (exact) mass is 437 g/mol. The third-order valence-electron chi connectivity index (χ3n) is 6.06. The number of ether oxygens (including phenoxy) is 1. The Morgan fingerprint density at radius 1 is 1.09 bits per heavy atom. The van der Waals surface area contributed by atoms with Crippen LogP contribution in [-0.4, -0.2) is 49.5 Å². The van der Waals surface area contributed by atoms with E-state index in [4.69, 9.17) is 4.74 Å². The molecule has 2 aromatic rings. The van der Waals surface area contributed by atoms with Gasteiger partial charge < -0.3 is 19.9 Å². The van der Waals surface area contributed by atoms with Crippen LogP contribution in [0.3, 0.4) is 0 Å². The Hall–Kier alpha value is -3.02. The van der Waals surface area contributed by atoms with Gasteiger partial charge in [0.1, 0.15) is 5.75 Å². The summed E-state index contributed by atoms with van der Waals surface area (Å²) in [5.74, 6) is 1.08. The Kier molecular flexibility index (Phi) is 7.78. The van der Waals surface area contributed by atoms with Gasteiger partial charge in [-0.2, -0.15) is 0 Å². The van der Waals surface area contributed by atoms with Gasteiger partial charge in [0.25, 0.3) is 0 Å². The van der Waals surface area contributed by atoms with Crippen LogP contribution in [0.5, 0.6) is 5.75 Å². The Morgan fingerprint density at radius 2 is 1.75 bits per heavy atom. The van der Waals surface area contributed by atoms with Gasteiger partial charge in [0.15, 0.2) is 0 Å². The molecular weight excluding hydrogens is 402 g/mol. The van der Waals surface area contributed by atoms with Gasteiger partial charge in [0, 0.05) is 38.4 Å². The average molecular weight is 438 g/mol. The van der Waals surface area contributed by atoms with Crippen molar-refractivity contribution in [3.8, 4) is 5.75 Å². The minimum Gasteiger partial charge on any atom is -0.493 e. The van der Waals surface area contributed by atoms with E-state index in [2.05, 4.69) is 24.1 Å². The molecule has 0 bridgehead atoms. The molecule has 2 atom stereocenters. The average Bonchev–Trinajstić information content (AvgIpc) is 3.27. The number of anilines is 2. The molecule has 1 N–H and O–H groups in total. The highest BCUT2D eigenvalue weighted by molar-refractivity contribution is 5.95. The number of hydrogen-bond acceptors (Lipinski definition) is 4. The Balaban J connectivity index is 1.55. The summed E-state index contributed by atoms with van der Waals surface area (Å²) in [6.45, 7) is 10.2. The van der Waals surface area contributed by atoms with E-state index in [-0.39, 0.29) is 23.8 Å². The van der Waals surface area contributed by atoms with Crippen molar-refractivity contribution in [1.29, 1.82) is 0 Å². The number of hydrogen-bond donors (Lipinski definition) is 1. The third-order valence-corrected chi connectivity index (χ3v) is 6.06. The lowest BCUT2D eigenvalue weighted by atomic mass is 10.00. The van der Waals surface area contributed by atoms with Crippen molar-refractivity contribution in [2.75, 3.05) is 37.0 Å². The summed E-state index contributed by atoms with van der Waals surface area (Å²) in [5.41, 5.74) is 2.83. The van der Waals surface area contributed by atoms with Crippen LogP contribution in [0.25, 0.3) is 0 Å². The van der Waals surface area contributed by atoms with Gasteiger partial charge in [0.2, 0.25) is 11.8 Å². The van der Waals surface area contributed by atoms with Crippen molar-refractivity contribution >= 4 is 23.2 Å². The van der Waals surface area contributed by atoms with E-state index in [9.17, 15) is 9.59 Å². The molecule has 3 rings (SSSR count). The predicted octanol–water partition coefficient (Wildman–Crippen LogP) is 4.52. The van der Waals surface area contributed by atoms with Crippen LogP contribution in [0.2, 0.25) is 0 Å². The first kappa shape index (κ1) is 23.6. The molecular formula is C26H35N3O3. The second-order valence-corrected chi connectivity index (χ2v) is 9.05. The zero-order valence-electron chi connectivity index (χ0n) is 19.8. The van der Waals surface area contributed by atoms with E-state index in [1.165, 1.54) is 0 Å². The molecule has 2 amide bonds. The molecule has 2 aromatic carbocycles. The lowest BCUT2D eigenvalue weighted by molar-refractivity contribution is -0.129. The molecule has 6 nitrogen and oxygen atoms in total.